The van der Waals surface area contributed by atoms with Crippen LogP contribution >= 0.6 is 0 Å². The number of likely N-dealkylation sites (N-methyl/N-ethyl adjacent to an activating group) is 1. The van der Waals surface area contributed by atoms with Crippen LogP contribution in [0.3, 0.4) is 0 Å². The number of pyridine rings is 1. The van der Waals surface area contributed by atoms with Crippen molar-refractivity contribution < 1.29 is 9.90 Å². The van der Waals surface area contributed by atoms with E-state index in [0.29, 0.717) is 0 Å². The average Bonchev–Trinajstić information content (AvgIpc) is 2.36. The number of hydrogen-bond acceptors (Lipinski definition) is 3. The van der Waals surface area contributed by atoms with Gasteiger partial charge in [0.15, 0.2) is 0 Å². The molecule has 1 heterocycles. The first-order valence-electron chi connectivity index (χ1n) is 6.35. The van der Waals surface area contributed by atoms with E-state index < -0.39 is 5.97 Å². The van der Waals surface area contributed by atoms with Crippen LogP contribution in [0.1, 0.15) is 18.2 Å². The lowest BCUT2D eigenvalue weighted by Gasteiger charge is -2.23. The summed E-state index contributed by atoms with van der Waals surface area (Å²) >= 11 is 0. The minimum Gasteiger partial charge on any atom is -0.480 e. The fourth-order valence-electron chi connectivity index (χ4n) is 2.49. The number of para-hydroxylation sites is 1. The van der Waals surface area contributed by atoms with E-state index in [-0.39, 0.29) is 6.54 Å². The quantitative estimate of drug-likeness (QED) is 0.916. The predicted molar refractivity (Wildman–Crippen MR) is 76.8 cm³/mol. The third-order valence-corrected chi connectivity index (χ3v) is 3.28. The SMILES string of the molecule is CCc1c(C)nc2ccccc2c1N(C)CC(=O)O. The van der Waals surface area contributed by atoms with Crippen LogP contribution in [0.25, 0.3) is 10.9 Å². The maximum atomic E-state index is 10.9. The van der Waals surface area contributed by atoms with E-state index in [4.69, 9.17) is 5.11 Å². The van der Waals surface area contributed by atoms with Crippen LogP contribution in [0.5, 0.6) is 0 Å². The van der Waals surface area contributed by atoms with Crippen molar-refractivity contribution >= 4 is 22.6 Å². The van der Waals surface area contributed by atoms with Gasteiger partial charge in [-0.3, -0.25) is 9.78 Å². The van der Waals surface area contributed by atoms with E-state index in [0.717, 1.165) is 34.3 Å². The summed E-state index contributed by atoms with van der Waals surface area (Å²) in [6.45, 7) is 4.03. The van der Waals surface area contributed by atoms with Crippen LogP contribution in [0.15, 0.2) is 24.3 Å². The maximum absolute atomic E-state index is 10.9. The first-order valence-corrected chi connectivity index (χ1v) is 6.35. The van der Waals surface area contributed by atoms with Crippen molar-refractivity contribution in [2.45, 2.75) is 20.3 Å². The molecular formula is C15H18N2O2. The molecule has 0 saturated carbocycles. The Kier molecular flexibility index (Phi) is 3.69. The number of aryl methyl sites for hydroxylation is 1. The van der Waals surface area contributed by atoms with E-state index in [1.165, 1.54) is 0 Å². The first kappa shape index (κ1) is 13.3. The lowest BCUT2D eigenvalue weighted by atomic mass is 10.0. The highest BCUT2D eigenvalue weighted by Crippen LogP contribution is 2.31. The Balaban J connectivity index is 2.70. The highest BCUT2D eigenvalue weighted by molar-refractivity contribution is 5.95. The summed E-state index contributed by atoms with van der Waals surface area (Å²) in [6, 6.07) is 7.85. The molecule has 0 fully saturated rings. The molecule has 0 bridgehead atoms. The van der Waals surface area contributed by atoms with E-state index in [2.05, 4.69) is 11.9 Å². The first-order chi connectivity index (χ1) is 9.04. The van der Waals surface area contributed by atoms with Crippen molar-refractivity contribution in [1.82, 2.24) is 4.98 Å². The normalized spacial score (nSPS) is 10.7. The number of carboxylic acids is 1. The Labute approximate surface area is 112 Å². The van der Waals surface area contributed by atoms with Crippen molar-refractivity contribution in [2.24, 2.45) is 0 Å². The van der Waals surface area contributed by atoms with Gasteiger partial charge in [-0.15, -0.1) is 0 Å². The van der Waals surface area contributed by atoms with Gasteiger partial charge in [0.2, 0.25) is 0 Å². The van der Waals surface area contributed by atoms with Crippen LogP contribution in [-0.4, -0.2) is 29.7 Å². The van der Waals surface area contributed by atoms with Gasteiger partial charge in [-0.05, 0) is 25.0 Å². The topological polar surface area (TPSA) is 53.4 Å². The van der Waals surface area contributed by atoms with Gasteiger partial charge in [0.05, 0.1) is 11.2 Å². The number of nitrogens with zero attached hydrogens (tertiary/aromatic N) is 2. The van der Waals surface area contributed by atoms with Gasteiger partial charge in [-0.2, -0.15) is 0 Å². The van der Waals surface area contributed by atoms with Crippen molar-refractivity contribution in [3.05, 3.63) is 35.5 Å². The zero-order valence-corrected chi connectivity index (χ0v) is 11.5. The number of aromatic nitrogens is 1. The molecular weight excluding hydrogens is 240 g/mol. The van der Waals surface area contributed by atoms with E-state index in [9.17, 15) is 4.79 Å². The van der Waals surface area contributed by atoms with Gasteiger partial charge < -0.3 is 10.0 Å². The smallest absolute Gasteiger partial charge is 0.323 e. The predicted octanol–water partition coefficient (Wildman–Crippen LogP) is 2.63. The molecule has 1 aromatic carbocycles. The third kappa shape index (κ3) is 2.52. The highest BCUT2D eigenvalue weighted by Gasteiger charge is 2.16. The number of carboxylic acid groups (broad SMARTS) is 1. The van der Waals surface area contributed by atoms with Gasteiger partial charge in [0.1, 0.15) is 6.54 Å². The molecule has 100 valence electrons. The van der Waals surface area contributed by atoms with Gasteiger partial charge >= 0.3 is 5.97 Å². The molecule has 0 aliphatic carbocycles. The van der Waals surface area contributed by atoms with Gasteiger partial charge in [-0.25, -0.2) is 0 Å². The minimum absolute atomic E-state index is 0.0134. The molecule has 0 spiro atoms. The van der Waals surface area contributed by atoms with Crippen LogP contribution in [0.2, 0.25) is 0 Å². The minimum atomic E-state index is -0.830. The monoisotopic (exact) mass is 258 g/mol. The second-order valence-electron chi connectivity index (χ2n) is 4.64. The molecule has 2 aromatic rings. The lowest BCUT2D eigenvalue weighted by molar-refractivity contribution is -0.135. The van der Waals surface area contributed by atoms with Gasteiger partial charge in [0, 0.05) is 18.1 Å². The molecule has 1 N–H and O–H groups in total. The Morgan fingerprint density at radius 1 is 1.37 bits per heavy atom. The highest BCUT2D eigenvalue weighted by atomic mass is 16.4. The summed E-state index contributed by atoms with van der Waals surface area (Å²) in [5, 5.41) is 10.0. The Morgan fingerprint density at radius 2 is 2.05 bits per heavy atom. The maximum Gasteiger partial charge on any atom is 0.323 e. The second kappa shape index (κ2) is 5.26. The van der Waals surface area contributed by atoms with Crippen LogP contribution in [0.4, 0.5) is 5.69 Å². The van der Waals surface area contributed by atoms with Crippen molar-refractivity contribution in [1.29, 1.82) is 0 Å². The Hall–Kier alpha value is -2.10. The van der Waals surface area contributed by atoms with E-state index in [1.807, 2.05) is 38.2 Å². The van der Waals surface area contributed by atoms with Crippen LogP contribution in [-0.2, 0) is 11.2 Å². The Morgan fingerprint density at radius 3 is 2.68 bits per heavy atom. The molecule has 1 aromatic heterocycles. The van der Waals surface area contributed by atoms with E-state index >= 15 is 0 Å². The number of hydrogen-bond donors (Lipinski definition) is 1. The second-order valence-corrected chi connectivity index (χ2v) is 4.64. The molecule has 4 heteroatoms. The van der Waals surface area contributed by atoms with Crippen molar-refractivity contribution in [3.8, 4) is 0 Å². The molecule has 4 nitrogen and oxygen atoms in total. The molecule has 0 aliphatic heterocycles. The summed E-state index contributed by atoms with van der Waals surface area (Å²) < 4.78 is 0. The Bertz CT molecular complexity index is 623. The van der Waals surface area contributed by atoms with Gasteiger partial charge in [-0.1, -0.05) is 25.1 Å². The number of anilines is 1. The largest absolute Gasteiger partial charge is 0.480 e. The fourth-order valence-corrected chi connectivity index (χ4v) is 2.49. The summed E-state index contributed by atoms with van der Waals surface area (Å²) in [4.78, 5) is 17.3. The number of aliphatic carboxylic acids is 1. The molecule has 19 heavy (non-hydrogen) atoms. The van der Waals surface area contributed by atoms with E-state index in [1.54, 1.807) is 4.90 Å². The molecule has 0 unspecified atom stereocenters. The number of carbonyl (C=O) groups is 1. The molecule has 0 aliphatic rings. The summed E-state index contributed by atoms with van der Waals surface area (Å²) in [7, 11) is 1.81. The third-order valence-electron chi connectivity index (χ3n) is 3.28. The number of fused-ring (bicyclic) bond motifs is 1. The molecule has 0 radical (unpaired) electrons. The van der Waals surface area contributed by atoms with Crippen LogP contribution < -0.4 is 4.90 Å². The molecule has 2 rings (SSSR count). The zero-order valence-electron chi connectivity index (χ0n) is 11.5. The standard InChI is InChI=1S/C15H18N2O2/c1-4-11-10(2)16-13-8-6-5-7-12(13)15(11)17(3)9-14(18)19/h5-8H,4,9H2,1-3H3,(H,18,19). The molecule has 0 amide bonds. The van der Waals surface area contributed by atoms with Crippen LogP contribution in [0, 0.1) is 6.92 Å². The lowest BCUT2D eigenvalue weighted by Crippen LogP contribution is -2.26. The summed E-state index contributed by atoms with van der Waals surface area (Å²) in [6.07, 6.45) is 0.836. The van der Waals surface area contributed by atoms with Crippen molar-refractivity contribution in [2.75, 3.05) is 18.5 Å². The fraction of sp³-hybridized carbons (Fsp3) is 0.333. The molecule has 0 saturated heterocycles. The number of benzene rings is 1. The summed E-state index contributed by atoms with van der Waals surface area (Å²) in [5.74, 6) is -0.830. The van der Waals surface area contributed by atoms with Gasteiger partial charge in [0.25, 0.3) is 0 Å². The number of rotatable bonds is 4. The van der Waals surface area contributed by atoms with Crippen molar-refractivity contribution in [3.63, 3.8) is 0 Å². The average molecular weight is 258 g/mol. The zero-order chi connectivity index (χ0) is 14.0. The molecule has 0 atom stereocenters. The summed E-state index contributed by atoms with van der Waals surface area (Å²) in [5.41, 5.74) is 3.97.